The van der Waals surface area contributed by atoms with Crippen molar-refractivity contribution in [3.63, 3.8) is 0 Å². The summed E-state index contributed by atoms with van der Waals surface area (Å²) in [6.07, 6.45) is 4.63. The molecule has 1 radical (unpaired) electrons. The van der Waals surface area contributed by atoms with Crippen LogP contribution in [0.15, 0.2) is 0 Å². The molecule has 1 aliphatic rings. The molecule has 0 aromatic carbocycles. The van der Waals surface area contributed by atoms with Gasteiger partial charge in [0, 0.05) is 19.5 Å². The second-order valence-electron chi connectivity index (χ2n) is 3.50. The molecule has 1 N–H and O–H groups in total. The number of rotatable bonds is 3. The Bertz CT molecular complexity index is 227. The van der Waals surface area contributed by atoms with Crippen LogP contribution in [0.4, 0.5) is 0 Å². The zero-order valence-corrected chi connectivity index (χ0v) is 7.61. The van der Waals surface area contributed by atoms with Crippen molar-refractivity contribution in [2.45, 2.75) is 25.7 Å². The third-order valence-corrected chi connectivity index (χ3v) is 2.57. The number of aromatic amines is 1. The highest BCUT2D eigenvalue weighted by Crippen LogP contribution is 2.17. The number of hydrogen-bond donors (Lipinski definition) is 1. The summed E-state index contributed by atoms with van der Waals surface area (Å²) in [7, 11) is 0. The maximum Gasteiger partial charge on any atom is 0.148 e. The predicted molar refractivity (Wildman–Crippen MR) is 47.1 cm³/mol. The summed E-state index contributed by atoms with van der Waals surface area (Å²) < 4.78 is 0. The first-order valence-electron chi connectivity index (χ1n) is 4.81. The largest absolute Gasteiger partial charge is 0.243 e. The lowest BCUT2D eigenvalue weighted by molar-refractivity contribution is 0.348. The zero-order chi connectivity index (χ0) is 8.93. The Labute approximate surface area is 77.3 Å². The number of hydrogen-bond acceptors (Lipinski definition) is 3. The molecule has 2 heterocycles. The van der Waals surface area contributed by atoms with Crippen molar-refractivity contribution in [2.24, 2.45) is 5.92 Å². The smallest absolute Gasteiger partial charge is 0.148 e. The summed E-state index contributed by atoms with van der Waals surface area (Å²) in [6.45, 7) is 2.08. The van der Waals surface area contributed by atoms with Crippen molar-refractivity contribution in [3.05, 3.63) is 5.82 Å². The number of piperidine rings is 1. The molecule has 5 nitrogen and oxygen atoms in total. The van der Waals surface area contributed by atoms with Crippen molar-refractivity contribution in [3.8, 4) is 0 Å². The van der Waals surface area contributed by atoms with E-state index in [1.165, 1.54) is 19.3 Å². The number of aryl methyl sites for hydroxylation is 1. The van der Waals surface area contributed by atoms with Crippen LogP contribution >= 0.6 is 0 Å². The highest BCUT2D eigenvalue weighted by Gasteiger charge is 2.13. The van der Waals surface area contributed by atoms with Gasteiger partial charge < -0.3 is 0 Å². The quantitative estimate of drug-likeness (QED) is 0.719. The minimum Gasteiger partial charge on any atom is -0.243 e. The monoisotopic (exact) mass is 180 g/mol. The molecule has 0 aliphatic carbocycles. The lowest BCUT2D eigenvalue weighted by atomic mass is 9.93. The van der Waals surface area contributed by atoms with Gasteiger partial charge in [0.2, 0.25) is 0 Å². The Balaban J connectivity index is 1.72. The summed E-state index contributed by atoms with van der Waals surface area (Å²) >= 11 is 0. The molecule has 1 aromatic heterocycles. The Morgan fingerprint density at radius 2 is 2.15 bits per heavy atom. The molecule has 1 aliphatic heterocycles. The molecule has 0 bridgehead atoms. The average molecular weight is 180 g/mol. The minimum atomic E-state index is 0.822. The van der Waals surface area contributed by atoms with E-state index >= 15 is 0 Å². The third-order valence-electron chi connectivity index (χ3n) is 2.57. The van der Waals surface area contributed by atoms with Gasteiger partial charge in [-0.1, -0.05) is 0 Å². The highest BCUT2D eigenvalue weighted by molar-refractivity contribution is 4.79. The maximum atomic E-state index is 4.32. The van der Waals surface area contributed by atoms with Crippen molar-refractivity contribution < 1.29 is 0 Å². The first-order chi connectivity index (χ1) is 6.45. The van der Waals surface area contributed by atoms with Crippen molar-refractivity contribution in [1.82, 2.24) is 25.9 Å². The summed E-state index contributed by atoms with van der Waals surface area (Å²) in [4.78, 5) is 0. The molecule has 1 fully saturated rings. The molecule has 0 unspecified atom stereocenters. The summed E-state index contributed by atoms with van der Waals surface area (Å²) in [6, 6.07) is 0. The molecule has 2 rings (SSSR count). The number of tetrazole rings is 1. The van der Waals surface area contributed by atoms with Gasteiger partial charge in [-0.3, -0.25) is 0 Å². The molecule has 1 aromatic rings. The van der Waals surface area contributed by atoms with Crippen LogP contribution in [0.3, 0.4) is 0 Å². The van der Waals surface area contributed by atoms with E-state index in [0.29, 0.717) is 0 Å². The van der Waals surface area contributed by atoms with Crippen molar-refractivity contribution in [1.29, 1.82) is 0 Å². The van der Waals surface area contributed by atoms with Crippen LogP contribution in [0.25, 0.3) is 0 Å². The Morgan fingerprint density at radius 1 is 1.31 bits per heavy atom. The molecule has 13 heavy (non-hydrogen) atoms. The summed E-state index contributed by atoms with van der Waals surface area (Å²) in [5.41, 5.74) is 0. The molecule has 0 amide bonds. The Morgan fingerprint density at radius 3 is 2.85 bits per heavy atom. The van der Waals surface area contributed by atoms with Crippen LogP contribution in [0.2, 0.25) is 0 Å². The Hall–Kier alpha value is -0.970. The molecule has 1 saturated heterocycles. The molecule has 0 atom stereocenters. The van der Waals surface area contributed by atoms with Crippen LogP contribution < -0.4 is 5.32 Å². The Kier molecular flexibility index (Phi) is 2.86. The second kappa shape index (κ2) is 4.32. The molecule has 0 saturated carbocycles. The number of H-pyrrole nitrogens is 1. The average Bonchev–Trinajstić information content (AvgIpc) is 2.69. The van der Waals surface area contributed by atoms with E-state index < -0.39 is 0 Å². The van der Waals surface area contributed by atoms with E-state index in [9.17, 15) is 0 Å². The predicted octanol–water partition coefficient (Wildman–Crippen LogP) is 0.147. The van der Waals surface area contributed by atoms with Crippen molar-refractivity contribution in [2.75, 3.05) is 13.1 Å². The molecular weight excluding hydrogens is 166 g/mol. The number of aromatic nitrogens is 4. The lowest BCUT2D eigenvalue weighted by Crippen LogP contribution is -2.22. The van der Waals surface area contributed by atoms with Gasteiger partial charge in [0.15, 0.2) is 0 Å². The fourth-order valence-electron chi connectivity index (χ4n) is 1.72. The van der Waals surface area contributed by atoms with E-state index in [-0.39, 0.29) is 0 Å². The van der Waals surface area contributed by atoms with Gasteiger partial charge in [-0.05, 0) is 35.6 Å². The third kappa shape index (κ3) is 2.48. The normalized spacial score (nSPS) is 19.1. The van der Waals surface area contributed by atoms with E-state index in [4.69, 9.17) is 0 Å². The minimum absolute atomic E-state index is 0.822. The lowest BCUT2D eigenvalue weighted by Gasteiger charge is -2.20. The van der Waals surface area contributed by atoms with Crippen LogP contribution in [0.1, 0.15) is 25.1 Å². The molecule has 5 heteroatoms. The molecule has 0 spiro atoms. The van der Waals surface area contributed by atoms with E-state index in [1.807, 2.05) is 0 Å². The van der Waals surface area contributed by atoms with E-state index in [0.717, 1.165) is 31.3 Å². The van der Waals surface area contributed by atoms with Gasteiger partial charge in [-0.25, -0.2) is 10.4 Å². The first kappa shape index (κ1) is 8.62. The van der Waals surface area contributed by atoms with E-state index in [1.54, 1.807) is 0 Å². The first-order valence-corrected chi connectivity index (χ1v) is 4.81. The van der Waals surface area contributed by atoms with Crippen LogP contribution in [-0.2, 0) is 6.42 Å². The van der Waals surface area contributed by atoms with Crippen LogP contribution in [0.5, 0.6) is 0 Å². The van der Waals surface area contributed by atoms with E-state index in [2.05, 4.69) is 25.9 Å². The number of nitrogens with one attached hydrogen (secondary N) is 1. The fourth-order valence-corrected chi connectivity index (χ4v) is 1.72. The van der Waals surface area contributed by atoms with Gasteiger partial charge in [0.05, 0.1) is 0 Å². The van der Waals surface area contributed by atoms with Crippen LogP contribution in [0, 0.1) is 5.92 Å². The molecular formula is C8H14N5. The topological polar surface area (TPSA) is 68.6 Å². The SMILES string of the molecule is C1CC(CCc2nnn[nH]2)CC[N]1. The van der Waals surface area contributed by atoms with Gasteiger partial charge in [0.1, 0.15) is 5.82 Å². The highest BCUT2D eigenvalue weighted by atomic mass is 15.5. The van der Waals surface area contributed by atoms with Crippen molar-refractivity contribution >= 4 is 0 Å². The summed E-state index contributed by atoms with van der Waals surface area (Å²) in [5.74, 6) is 1.73. The standard InChI is InChI=1S/C8H14N5/c1(2-8-10-12-13-11-8)7-3-5-9-6-4-7/h7H,1-6H2,(H,10,11,12,13). The maximum absolute atomic E-state index is 4.32. The van der Waals surface area contributed by atoms with Gasteiger partial charge >= 0.3 is 0 Å². The van der Waals surface area contributed by atoms with Crippen LogP contribution in [-0.4, -0.2) is 33.7 Å². The molecule has 71 valence electrons. The number of nitrogens with zero attached hydrogens (tertiary/aromatic N) is 4. The second-order valence-corrected chi connectivity index (χ2v) is 3.50. The zero-order valence-electron chi connectivity index (χ0n) is 7.61. The van der Waals surface area contributed by atoms with Gasteiger partial charge in [-0.15, -0.1) is 5.10 Å². The fraction of sp³-hybridized carbons (Fsp3) is 0.875. The van der Waals surface area contributed by atoms with Gasteiger partial charge in [-0.2, -0.15) is 0 Å². The summed E-state index contributed by atoms with van der Waals surface area (Å²) in [5, 5.41) is 18.1. The van der Waals surface area contributed by atoms with Gasteiger partial charge in [0.25, 0.3) is 0 Å².